The third kappa shape index (κ3) is 2.71. The summed E-state index contributed by atoms with van der Waals surface area (Å²) in [4.78, 5) is 14.4. The molecule has 1 fully saturated rings. The van der Waals surface area contributed by atoms with Crippen LogP contribution in [0.25, 0.3) is 0 Å². The number of hydrogen-bond donors (Lipinski definition) is 1. The first-order chi connectivity index (χ1) is 10.2. The number of likely N-dealkylation sites (tertiary alicyclic amines) is 1. The normalized spacial score (nSPS) is 19.9. The van der Waals surface area contributed by atoms with E-state index in [9.17, 15) is 9.90 Å². The number of nitrogens with zero attached hydrogens (tertiary/aromatic N) is 3. The number of carbonyl (C=O) groups is 1. The molecule has 0 spiro atoms. The minimum Gasteiger partial charge on any atom is -0.467 e. The fourth-order valence-corrected chi connectivity index (χ4v) is 2.93. The largest absolute Gasteiger partial charge is 0.467 e. The van der Waals surface area contributed by atoms with Crippen LogP contribution in [0.1, 0.15) is 41.6 Å². The second kappa shape index (κ2) is 5.73. The minimum absolute atomic E-state index is 0.0239. The Morgan fingerprint density at radius 2 is 2.43 bits per heavy atom. The third-order valence-electron chi connectivity index (χ3n) is 4.04. The molecule has 3 rings (SSSR count). The maximum atomic E-state index is 12.6. The topological polar surface area (TPSA) is 71.5 Å². The highest BCUT2D eigenvalue weighted by Crippen LogP contribution is 2.28. The van der Waals surface area contributed by atoms with Gasteiger partial charge in [-0.05, 0) is 31.0 Å². The van der Waals surface area contributed by atoms with Crippen LogP contribution >= 0.6 is 0 Å². The third-order valence-corrected chi connectivity index (χ3v) is 4.04. The molecule has 2 aromatic heterocycles. The molecule has 1 amide bonds. The van der Waals surface area contributed by atoms with E-state index in [-0.39, 0.29) is 11.9 Å². The molecule has 2 atom stereocenters. The molecule has 1 aliphatic heterocycles. The quantitative estimate of drug-likeness (QED) is 0.930. The molecule has 0 aliphatic carbocycles. The summed E-state index contributed by atoms with van der Waals surface area (Å²) < 4.78 is 6.81. The van der Waals surface area contributed by atoms with Gasteiger partial charge in [-0.2, -0.15) is 5.10 Å². The highest BCUT2D eigenvalue weighted by atomic mass is 16.4. The van der Waals surface area contributed by atoms with Gasteiger partial charge in [-0.1, -0.05) is 0 Å². The average Bonchev–Trinajstić information content (AvgIpc) is 3.19. The van der Waals surface area contributed by atoms with Crippen molar-refractivity contribution in [2.24, 2.45) is 7.05 Å². The van der Waals surface area contributed by atoms with Gasteiger partial charge in [-0.15, -0.1) is 0 Å². The van der Waals surface area contributed by atoms with E-state index in [0.717, 1.165) is 19.4 Å². The van der Waals surface area contributed by atoms with Gasteiger partial charge in [0.2, 0.25) is 0 Å². The molecule has 112 valence electrons. The van der Waals surface area contributed by atoms with Crippen LogP contribution in [0.4, 0.5) is 0 Å². The van der Waals surface area contributed by atoms with Crippen molar-refractivity contribution < 1.29 is 14.3 Å². The molecule has 0 bridgehead atoms. The first-order valence-corrected chi connectivity index (χ1v) is 7.17. The second-order valence-electron chi connectivity index (χ2n) is 5.40. The molecule has 0 aromatic carbocycles. The Hall–Kier alpha value is -2.08. The number of rotatable bonds is 4. The molecule has 1 aliphatic rings. The van der Waals surface area contributed by atoms with Gasteiger partial charge in [-0.3, -0.25) is 9.48 Å². The summed E-state index contributed by atoms with van der Waals surface area (Å²) in [5.41, 5.74) is 0.578. The monoisotopic (exact) mass is 289 g/mol. The molecular formula is C15H19N3O3. The van der Waals surface area contributed by atoms with Crippen LogP contribution in [-0.4, -0.2) is 38.3 Å². The lowest BCUT2D eigenvalue weighted by molar-refractivity contribution is 0.0631. The summed E-state index contributed by atoms with van der Waals surface area (Å²) in [7, 11) is 1.76. The Morgan fingerprint density at radius 1 is 1.57 bits per heavy atom. The van der Waals surface area contributed by atoms with Crippen molar-refractivity contribution >= 4 is 5.91 Å². The first kappa shape index (κ1) is 13.9. The maximum Gasteiger partial charge on any atom is 0.272 e. The van der Waals surface area contributed by atoms with E-state index >= 15 is 0 Å². The number of aromatic nitrogens is 2. The maximum absolute atomic E-state index is 12.6. The first-order valence-electron chi connectivity index (χ1n) is 7.17. The van der Waals surface area contributed by atoms with Crippen LogP contribution in [0.3, 0.4) is 0 Å². The van der Waals surface area contributed by atoms with Gasteiger partial charge in [0.25, 0.3) is 5.91 Å². The van der Waals surface area contributed by atoms with E-state index in [1.807, 2.05) is 4.90 Å². The van der Waals surface area contributed by atoms with Gasteiger partial charge in [-0.25, -0.2) is 0 Å². The number of hydrogen-bond acceptors (Lipinski definition) is 4. The van der Waals surface area contributed by atoms with E-state index in [2.05, 4.69) is 5.10 Å². The molecule has 3 heterocycles. The van der Waals surface area contributed by atoms with E-state index in [1.165, 1.54) is 0 Å². The fraction of sp³-hybridized carbons (Fsp3) is 0.467. The van der Waals surface area contributed by atoms with Crippen LogP contribution in [0.15, 0.2) is 35.1 Å². The van der Waals surface area contributed by atoms with Crippen molar-refractivity contribution in [3.63, 3.8) is 0 Å². The van der Waals surface area contributed by atoms with Gasteiger partial charge in [0.15, 0.2) is 0 Å². The molecule has 21 heavy (non-hydrogen) atoms. The molecule has 2 aromatic rings. The molecule has 6 nitrogen and oxygen atoms in total. The summed E-state index contributed by atoms with van der Waals surface area (Å²) in [5.74, 6) is 0.527. The van der Waals surface area contributed by atoms with Crippen LogP contribution in [-0.2, 0) is 7.05 Å². The number of aliphatic hydroxyl groups is 1. The van der Waals surface area contributed by atoms with Crippen LogP contribution in [0.5, 0.6) is 0 Å². The zero-order valence-electron chi connectivity index (χ0n) is 12.0. The molecule has 1 N–H and O–H groups in total. The lowest BCUT2D eigenvalue weighted by Gasteiger charge is -2.26. The van der Waals surface area contributed by atoms with Crippen molar-refractivity contribution in [1.82, 2.24) is 14.7 Å². The predicted octanol–water partition coefficient (Wildman–Crippen LogP) is 1.74. The number of aryl methyl sites for hydroxylation is 1. The Labute approximate surface area is 123 Å². The minimum atomic E-state index is -0.676. The Bertz CT molecular complexity index is 605. The number of aliphatic hydroxyl groups excluding tert-OH is 1. The van der Waals surface area contributed by atoms with E-state index < -0.39 is 6.10 Å². The molecule has 2 unspecified atom stereocenters. The predicted molar refractivity (Wildman–Crippen MR) is 75.6 cm³/mol. The lowest BCUT2D eigenvalue weighted by Crippen LogP contribution is -2.37. The number of carbonyl (C=O) groups excluding carboxylic acids is 1. The Kier molecular flexibility index (Phi) is 3.79. The van der Waals surface area contributed by atoms with E-state index in [1.54, 1.807) is 42.4 Å². The summed E-state index contributed by atoms with van der Waals surface area (Å²) in [6.07, 6.45) is 4.85. The summed E-state index contributed by atoms with van der Waals surface area (Å²) >= 11 is 0. The van der Waals surface area contributed by atoms with Crippen molar-refractivity contribution in [2.75, 3.05) is 6.54 Å². The highest BCUT2D eigenvalue weighted by Gasteiger charge is 2.32. The van der Waals surface area contributed by atoms with Crippen LogP contribution in [0, 0.1) is 0 Å². The van der Waals surface area contributed by atoms with Crippen molar-refractivity contribution in [1.29, 1.82) is 0 Å². The van der Waals surface area contributed by atoms with Crippen LogP contribution in [0.2, 0.25) is 0 Å². The molecule has 0 saturated carbocycles. The van der Waals surface area contributed by atoms with Gasteiger partial charge < -0.3 is 14.4 Å². The summed E-state index contributed by atoms with van der Waals surface area (Å²) in [5, 5.41) is 14.2. The molecule has 0 radical (unpaired) electrons. The standard InChI is InChI=1S/C15H19N3O3/c1-17-12(6-7-16-17)15(20)18-8-2-4-11(18)10-13(19)14-5-3-9-21-14/h3,5-7,9,11,13,19H,2,4,8,10H2,1H3. The van der Waals surface area contributed by atoms with Crippen molar-refractivity contribution in [2.45, 2.75) is 31.4 Å². The Morgan fingerprint density at radius 3 is 3.10 bits per heavy atom. The SMILES string of the molecule is Cn1nccc1C(=O)N1CCCC1CC(O)c1ccco1. The number of furan rings is 1. The average molecular weight is 289 g/mol. The van der Waals surface area contributed by atoms with E-state index in [0.29, 0.717) is 17.9 Å². The fourth-order valence-electron chi connectivity index (χ4n) is 2.93. The van der Waals surface area contributed by atoms with E-state index in [4.69, 9.17) is 4.42 Å². The number of amides is 1. The highest BCUT2D eigenvalue weighted by molar-refractivity contribution is 5.92. The zero-order valence-corrected chi connectivity index (χ0v) is 12.0. The van der Waals surface area contributed by atoms with Gasteiger partial charge >= 0.3 is 0 Å². The van der Waals surface area contributed by atoms with Crippen molar-refractivity contribution in [3.8, 4) is 0 Å². The summed E-state index contributed by atoms with van der Waals surface area (Å²) in [6, 6.07) is 5.27. The van der Waals surface area contributed by atoms with Gasteiger partial charge in [0.05, 0.1) is 6.26 Å². The van der Waals surface area contributed by atoms with Crippen LogP contribution < -0.4 is 0 Å². The van der Waals surface area contributed by atoms with Gasteiger partial charge in [0.1, 0.15) is 17.6 Å². The Balaban J connectivity index is 1.71. The molecule has 6 heteroatoms. The van der Waals surface area contributed by atoms with Gasteiger partial charge in [0, 0.05) is 32.3 Å². The molecular weight excluding hydrogens is 270 g/mol. The smallest absolute Gasteiger partial charge is 0.272 e. The summed E-state index contributed by atoms with van der Waals surface area (Å²) in [6.45, 7) is 0.722. The zero-order chi connectivity index (χ0) is 14.8. The lowest BCUT2D eigenvalue weighted by atomic mass is 10.0. The van der Waals surface area contributed by atoms with Crippen molar-refractivity contribution in [3.05, 3.63) is 42.1 Å². The molecule has 1 saturated heterocycles. The second-order valence-corrected chi connectivity index (χ2v) is 5.40.